The molecule has 3 nitrogen and oxygen atoms in total. The smallest absolute Gasteiger partial charge is 0.266 e. The van der Waals surface area contributed by atoms with Crippen LogP contribution in [0.15, 0.2) is 67.3 Å². The van der Waals surface area contributed by atoms with Crippen molar-refractivity contribution in [2.75, 3.05) is 4.90 Å². The first kappa shape index (κ1) is 13.1. The molecule has 0 aliphatic carbocycles. The summed E-state index contributed by atoms with van der Waals surface area (Å²) in [5.41, 5.74) is 2.68. The maximum Gasteiger partial charge on any atom is 0.266 e. The lowest BCUT2D eigenvalue weighted by molar-refractivity contribution is -0.119. The number of imide groups is 1. The molecule has 0 bridgehead atoms. The van der Waals surface area contributed by atoms with E-state index in [0.29, 0.717) is 11.3 Å². The highest BCUT2D eigenvalue weighted by molar-refractivity contribution is 6.43. The number of hydrogen-bond donors (Lipinski definition) is 0. The molecule has 0 aromatic heterocycles. The molecule has 1 aliphatic rings. The Balaban J connectivity index is 1.95. The maximum absolute atomic E-state index is 12.5. The van der Waals surface area contributed by atoms with E-state index in [1.165, 1.54) is 11.0 Å². The quantitative estimate of drug-likeness (QED) is 0.806. The average molecular weight is 275 g/mol. The molecular weight excluding hydrogens is 262 g/mol. The molecule has 0 unspecified atom stereocenters. The topological polar surface area (TPSA) is 37.4 Å². The van der Waals surface area contributed by atoms with Crippen LogP contribution in [0, 0.1) is 0 Å². The van der Waals surface area contributed by atoms with Crippen molar-refractivity contribution < 1.29 is 9.59 Å². The highest BCUT2D eigenvalue weighted by Gasteiger charge is 2.32. The first-order valence-corrected chi connectivity index (χ1v) is 6.59. The van der Waals surface area contributed by atoms with E-state index in [2.05, 4.69) is 6.58 Å². The van der Waals surface area contributed by atoms with E-state index in [9.17, 15) is 9.59 Å². The van der Waals surface area contributed by atoms with Crippen molar-refractivity contribution in [3.05, 3.63) is 78.4 Å². The predicted octanol–water partition coefficient (Wildman–Crippen LogP) is 3.29. The second-order valence-electron chi connectivity index (χ2n) is 4.70. The predicted molar refractivity (Wildman–Crippen MR) is 83.4 cm³/mol. The van der Waals surface area contributed by atoms with E-state index in [4.69, 9.17) is 0 Å². The molecule has 3 heteroatoms. The van der Waals surface area contributed by atoms with Crippen molar-refractivity contribution in [1.82, 2.24) is 0 Å². The monoisotopic (exact) mass is 275 g/mol. The average Bonchev–Trinajstić information content (AvgIpc) is 2.83. The molecule has 1 aliphatic heterocycles. The maximum atomic E-state index is 12.5. The molecule has 102 valence electrons. The van der Waals surface area contributed by atoms with Crippen molar-refractivity contribution in [3.63, 3.8) is 0 Å². The molecule has 2 amide bonds. The van der Waals surface area contributed by atoms with E-state index >= 15 is 0 Å². The van der Waals surface area contributed by atoms with Crippen molar-refractivity contribution >= 4 is 29.2 Å². The number of amides is 2. The Kier molecular flexibility index (Phi) is 3.24. The SMILES string of the molecule is C=Cc1ccc(N2C(=O)C=C(c3ccccc3)C2=O)cc1. The summed E-state index contributed by atoms with van der Waals surface area (Å²) in [6.07, 6.45) is 3.10. The van der Waals surface area contributed by atoms with E-state index in [-0.39, 0.29) is 11.8 Å². The number of anilines is 1. The Morgan fingerprint density at radius 1 is 0.905 bits per heavy atom. The minimum Gasteiger partial charge on any atom is -0.269 e. The molecule has 0 N–H and O–H groups in total. The van der Waals surface area contributed by atoms with Crippen LogP contribution in [-0.2, 0) is 9.59 Å². The third-order valence-corrected chi connectivity index (χ3v) is 3.39. The highest BCUT2D eigenvalue weighted by atomic mass is 16.2. The van der Waals surface area contributed by atoms with Gasteiger partial charge in [-0.25, -0.2) is 4.90 Å². The van der Waals surface area contributed by atoms with Gasteiger partial charge >= 0.3 is 0 Å². The molecule has 2 aromatic rings. The van der Waals surface area contributed by atoms with Gasteiger partial charge in [-0.15, -0.1) is 0 Å². The third-order valence-electron chi connectivity index (χ3n) is 3.39. The van der Waals surface area contributed by atoms with Crippen molar-refractivity contribution in [1.29, 1.82) is 0 Å². The molecule has 0 saturated heterocycles. The molecule has 21 heavy (non-hydrogen) atoms. The van der Waals surface area contributed by atoms with Crippen LogP contribution in [0.3, 0.4) is 0 Å². The first-order valence-electron chi connectivity index (χ1n) is 6.59. The van der Waals surface area contributed by atoms with Crippen LogP contribution in [0.2, 0.25) is 0 Å². The zero-order chi connectivity index (χ0) is 14.8. The van der Waals surface area contributed by atoms with Gasteiger partial charge in [-0.1, -0.05) is 55.1 Å². The molecule has 0 atom stereocenters. The van der Waals surface area contributed by atoms with Gasteiger partial charge in [0, 0.05) is 6.08 Å². The fraction of sp³-hybridized carbons (Fsp3) is 0. The Hall–Kier alpha value is -2.94. The molecule has 1 heterocycles. The van der Waals surface area contributed by atoms with Gasteiger partial charge in [-0.2, -0.15) is 0 Å². The first-order chi connectivity index (χ1) is 10.2. The summed E-state index contributed by atoms with van der Waals surface area (Å²) in [4.78, 5) is 25.8. The Labute approximate surface area is 122 Å². The molecule has 0 fully saturated rings. The lowest BCUT2D eigenvalue weighted by atomic mass is 10.1. The van der Waals surface area contributed by atoms with Gasteiger partial charge < -0.3 is 0 Å². The summed E-state index contributed by atoms with van der Waals surface area (Å²) in [5.74, 6) is -0.609. The summed E-state index contributed by atoms with van der Waals surface area (Å²) in [6.45, 7) is 3.68. The summed E-state index contributed by atoms with van der Waals surface area (Å²) in [7, 11) is 0. The van der Waals surface area contributed by atoms with Crippen LogP contribution in [-0.4, -0.2) is 11.8 Å². The molecule has 2 aromatic carbocycles. The number of carbonyl (C=O) groups is 2. The molecule has 3 rings (SSSR count). The minimum absolute atomic E-state index is 0.294. The van der Waals surface area contributed by atoms with Gasteiger partial charge in [0.2, 0.25) is 0 Å². The van der Waals surface area contributed by atoms with Gasteiger partial charge in [0.25, 0.3) is 11.8 Å². The van der Waals surface area contributed by atoms with Crippen molar-refractivity contribution in [2.45, 2.75) is 0 Å². The number of benzene rings is 2. The fourth-order valence-corrected chi connectivity index (χ4v) is 2.30. The lowest BCUT2D eigenvalue weighted by Gasteiger charge is -2.15. The molecule has 0 spiro atoms. The van der Waals surface area contributed by atoms with Crippen LogP contribution in [0.5, 0.6) is 0 Å². The summed E-state index contributed by atoms with van der Waals surface area (Å²) in [5, 5.41) is 0. The van der Waals surface area contributed by atoms with Crippen molar-refractivity contribution in [2.24, 2.45) is 0 Å². The summed E-state index contributed by atoms with van der Waals surface area (Å²) >= 11 is 0. The van der Waals surface area contributed by atoms with Gasteiger partial charge in [0.1, 0.15) is 0 Å². The van der Waals surface area contributed by atoms with Crippen LogP contribution < -0.4 is 4.90 Å². The summed E-state index contributed by atoms with van der Waals surface area (Å²) < 4.78 is 0. The largest absolute Gasteiger partial charge is 0.269 e. The normalized spacial score (nSPS) is 14.3. The number of hydrogen-bond acceptors (Lipinski definition) is 2. The van der Waals surface area contributed by atoms with Crippen LogP contribution >= 0.6 is 0 Å². The fourth-order valence-electron chi connectivity index (χ4n) is 2.30. The van der Waals surface area contributed by atoms with Gasteiger partial charge in [0.05, 0.1) is 11.3 Å². The zero-order valence-electron chi connectivity index (χ0n) is 11.3. The number of nitrogens with zero attached hydrogens (tertiary/aromatic N) is 1. The van der Waals surface area contributed by atoms with E-state index in [1.807, 2.05) is 42.5 Å². The van der Waals surface area contributed by atoms with Crippen LogP contribution in [0.1, 0.15) is 11.1 Å². The Morgan fingerprint density at radius 2 is 1.57 bits per heavy atom. The molecule has 0 radical (unpaired) electrons. The highest BCUT2D eigenvalue weighted by Crippen LogP contribution is 2.28. The van der Waals surface area contributed by atoms with E-state index in [0.717, 1.165) is 11.1 Å². The van der Waals surface area contributed by atoms with Gasteiger partial charge in [0.15, 0.2) is 0 Å². The standard InChI is InChI=1S/C18H13NO2/c1-2-13-8-10-15(11-9-13)19-17(20)12-16(18(19)21)14-6-4-3-5-7-14/h2-12H,1H2. The third kappa shape index (κ3) is 2.30. The molecular formula is C18H13NO2. The second kappa shape index (κ2) is 5.21. The number of carbonyl (C=O) groups excluding carboxylic acids is 2. The number of rotatable bonds is 3. The van der Waals surface area contributed by atoms with Crippen molar-refractivity contribution in [3.8, 4) is 0 Å². The molecule has 0 saturated carbocycles. The van der Waals surface area contributed by atoms with Crippen LogP contribution in [0.25, 0.3) is 11.6 Å². The minimum atomic E-state index is -0.315. The van der Waals surface area contributed by atoms with Gasteiger partial charge in [-0.05, 0) is 23.3 Å². The van der Waals surface area contributed by atoms with E-state index < -0.39 is 0 Å². The summed E-state index contributed by atoms with van der Waals surface area (Å²) in [6, 6.07) is 16.3. The van der Waals surface area contributed by atoms with Gasteiger partial charge in [-0.3, -0.25) is 9.59 Å². The van der Waals surface area contributed by atoms with Crippen LogP contribution in [0.4, 0.5) is 5.69 Å². The van der Waals surface area contributed by atoms with E-state index in [1.54, 1.807) is 18.2 Å². The zero-order valence-corrected chi connectivity index (χ0v) is 11.3. The Bertz CT molecular complexity index is 743. The lowest BCUT2D eigenvalue weighted by Crippen LogP contribution is -2.30. The Morgan fingerprint density at radius 3 is 2.19 bits per heavy atom. The second-order valence-corrected chi connectivity index (χ2v) is 4.70.